The van der Waals surface area contributed by atoms with Crippen LogP contribution >= 0.6 is 0 Å². The molecule has 0 amide bonds. The van der Waals surface area contributed by atoms with Gasteiger partial charge in [0.05, 0.1) is 5.52 Å². The summed E-state index contributed by atoms with van der Waals surface area (Å²) in [4.78, 5) is 0. The van der Waals surface area contributed by atoms with Crippen molar-refractivity contribution >= 4 is 22.3 Å². The Bertz CT molecular complexity index is 1110. The van der Waals surface area contributed by atoms with E-state index in [-0.39, 0.29) is 0 Å². The Morgan fingerprint density at radius 1 is 1.00 bits per heavy atom. The zero-order chi connectivity index (χ0) is 20.3. The van der Waals surface area contributed by atoms with E-state index in [4.69, 9.17) is 0 Å². The fraction of sp³-hybridized carbons (Fsp3) is 0.154. The Morgan fingerprint density at radius 3 is 2.36 bits per heavy atom. The first kappa shape index (κ1) is 19.5. The van der Waals surface area contributed by atoms with Gasteiger partial charge in [0.15, 0.2) is 0 Å². The van der Waals surface area contributed by atoms with Gasteiger partial charge in [0.1, 0.15) is 0 Å². The highest BCUT2D eigenvalue weighted by atomic mass is 15.0. The van der Waals surface area contributed by atoms with Crippen LogP contribution in [0.4, 0.5) is 5.69 Å². The molecule has 3 aromatic rings. The maximum Gasteiger partial charge on any atom is 0.0540 e. The Hall–Kier alpha value is -3.26. The number of nitrogens with zero attached hydrogens (tertiary/aromatic N) is 1. The standard InChI is InChI=1S/C26H28N2/c1-7-10-23(11-8-2)28-20(6)19(5)24-14-12-22(17-26(24)28)21-13-15-25(27-9-3)18(4)16-21/h7-17,27H,1,3H2,2,4-6H3/b11-8-,23-10+. The fourth-order valence-corrected chi connectivity index (χ4v) is 3.70. The number of hydrogen-bond acceptors (Lipinski definition) is 1. The van der Waals surface area contributed by atoms with Crippen molar-refractivity contribution in [2.24, 2.45) is 0 Å². The first-order valence-electron chi connectivity index (χ1n) is 9.57. The van der Waals surface area contributed by atoms with Crippen LogP contribution in [0.5, 0.6) is 0 Å². The summed E-state index contributed by atoms with van der Waals surface area (Å²) in [6.07, 6.45) is 9.79. The molecule has 1 heterocycles. The molecule has 0 aliphatic carbocycles. The summed E-state index contributed by atoms with van der Waals surface area (Å²) in [6.45, 7) is 16.2. The van der Waals surface area contributed by atoms with Gasteiger partial charge in [-0.3, -0.25) is 0 Å². The lowest BCUT2D eigenvalue weighted by Gasteiger charge is -2.12. The van der Waals surface area contributed by atoms with Gasteiger partial charge in [0.25, 0.3) is 0 Å². The maximum absolute atomic E-state index is 3.89. The number of nitrogens with one attached hydrogen (secondary N) is 1. The largest absolute Gasteiger partial charge is 0.362 e. The molecule has 0 aliphatic rings. The minimum absolute atomic E-state index is 1.08. The van der Waals surface area contributed by atoms with E-state index in [1.807, 2.05) is 13.0 Å². The molecule has 2 nitrogen and oxygen atoms in total. The van der Waals surface area contributed by atoms with Gasteiger partial charge >= 0.3 is 0 Å². The van der Waals surface area contributed by atoms with Crippen LogP contribution in [0.25, 0.3) is 27.7 Å². The summed E-state index contributed by atoms with van der Waals surface area (Å²) in [7, 11) is 0. The molecule has 2 heteroatoms. The molecular formula is C26H28N2. The van der Waals surface area contributed by atoms with E-state index in [0.717, 1.165) is 11.4 Å². The van der Waals surface area contributed by atoms with E-state index in [0.29, 0.717) is 0 Å². The van der Waals surface area contributed by atoms with Crippen LogP contribution in [0, 0.1) is 20.8 Å². The van der Waals surface area contributed by atoms with Crippen molar-refractivity contribution in [1.29, 1.82) is 0 Å². The topological polar surface area (TPSA) is 17.0 Å². The van der Waals surface area contributed by atoms with Gasteiger partial charge in [-0.2, -0.15) is 0 Å². The van der Waals surface area contributed by atoms with Gasteiger partial charge in [0.2, 0.25) is 0 Å². The number of allylic oxidation sites excluding steroid dienone is 5. The molecule has 0 fully saturated rings. The lowest BCUT2D eigenvalue weighted by molar-refractivity contribution is 1.08. The number of hydrogen-bond donors (Lipinski definition) is 1. The maximum atomic E-state index is 3.89. The number of aromatic nitrogens is 1. The molecule has 0 radical (unpaired) electrons. The van der Waals surface area contributed by atoms with E-state index in [1.165, 1.54) is 38.9 Å². The summed E-state index contributed by atoms with van der Waals surface area (Å²) in [5.74, 6) is 0. The molecule has 3 rings (SSSR count). The van der Waals surface area contributed by atoms with Crippen molar-refractivity contribution < 1.29 is 0 Å². The average Bonchev–Trinajstić information content (AvgIpc) is 2.93. The third-order valence-electron chi connectivity index (χ3n) is 5.22. The number of benzene rings is 2. The van der Waals surface area contributed by atoms with E-state index in [1.54, 1.807) is 6.20 Å². The average molecular weight is 369 g/mol. The monoisotopic (exact) mass is 368 g/mol. The van der Waals surface area contributed by atoms with Gasteiger partial charge < -0.3 is 9.88 Å². The van der Waals surface area contributed by atoms with Crippen molar-refractivity contribution in [3.05, 3.63) is 96.9 Å². The molecule has 0 saturated heterocycles. The van der Waals surface area contributed by atoms with Crippen molar-refractivity contribution in [2.75, 3.05) is 5.32 Å². The molecule has 28 heavy (non-hydrogen) atoms. The Labute approximate surface area is 168 Å². The zero-order valence-corrected chi connectivity index (χ0v) is 17.2. The molecule has 1 aromatic heterocycles. The van der Waals surface area contributed by atoms with Crippen molar-refractivity contribution in [2.45, 2.75) is 27.7 Å². The Morgan fingerprint density at radius 2 is 1.71 bits per heavy atom. The molecule has 0 spiro atoms. The molecule has 0 atom stereocenters. The molecule has 0 aliphatic heterocycles. The quantitative estimate of drug-likeness (QED) is 0.449. The van der Waals surface area contributed by atoms with Gasteiger partial charge in [-0.25, -0.2) is 0 Å². The summed E-state index contributed by atoms with van der Waals surface area (Å²) in [5, 5.41) is 4.46. The third kappa shape index (κ3) is 3.46. The molecule has 0 saturated carbocycles. The first-order valence-corrected chi connectivity index (χ1v) is 9.57. The highest BCUT2D eigenvalue weighted by Gasteiger charge is 2.14. The highest BCUT2D eigenvalue weighted by Crippen LogP contribution is 2.33. The molecule has 142 valence electrons. The van der Waals surface area contributed by atoms with Crippen LogP contribution < -0.4 is 5.32 Å². The lowest BCUT2D eigenvalue weighted by atomic mass is 10.0. The van der Waals surface area contributed by atoms with E-state index >= 15 is 0 Å². The summed E-state index contributed by atoms with van der Waals surface area (Å²) in [5.41, 5.74) is 9.58. The van der Waals surface area contributed by atoms with Gasteiger partial charge in [0, 0.05) is 22.5 Å². The molecule has 1 N–H and O–H groups in total. The normalized spacial score (nSPS) is 11.9. The fourth-order valence-electron chi connectivity index (χ4n) is 3.70. The molecular weight excluding hydrogens is 340 g/mol. The van der Waals surface area contributed by atoms with Crippen molar-refractivity contribution in [3.8, 4) is 11.1 Å². The predicted octanol–water partition coefficient (Wildman–Crippen LogP) is 7.39. The van der Waals surface area contributed by atoms with Gasteiger partial charge in [-0.15, -0.1) is 0 Å². The molecule has 0 bridgehead atoms. The Balaban J connectivity index is 2.22. The van der Waals surface area contributed by atoms with E-state index < -0.39 is 0 Å². The van der Waals surface area contributed by atoms with Crippen LogP contribution in [0.15, 0.2) is 80.1 Å². The minimum Gasteiger partial charge on any atom is -0.362 e. The van der Waals surface area contributed by atoms with Crippen LogP contribution in [0.2, 0.25) is 0 Å². The van der Waals surface area contributed by atoms with Gasteiger partial charge in [-0.1, -0.05) is 43.5 Å². The summed E-state index contributed by atoms with van der Waals surface area (Å²) < 4.78 is 2.32. The predicted molar refractivity (Wildman–Crippen MR) is 125 cm³/mol. The number of fused-ring (bicyclic) bond motifs is 1. The smallest absolute Gasteiger partial charge is 0.0540 e. The minimum atomic E-state index is 1.08. The first-order chi connectivity index (χ1) is 13.5. The van der Waals surface area contributed by atoms with E-state index in [2.05, 4.69) is 98.4 Å². The number of anilines is 1. The molecule has 0 unspecified atom stereocenters. The lowest BCUT2D eigenvalue weighted by Crippen LogP contribution is -1.97. The van der Waals surface area contributed by atoms with Crippen molar-refractivity contribution in [1.82, 2.24) is 4.57 Å². The van der Waals surface area contributed by atoms with Crippen LogP contribution in [0.3, 0.4) is 0 Å². The third-order valence-corrected chi connectivity index (χ3v) is 5.22. The van der Waals surface area contributed by atoms with Gasteiger partial charge in [-0.05, 0) is 86.5 Å². The van der Waals surface area contributed by atoms with Crippen molar-refractivity contribution in [3.63, 3.8) is 0 Å². The summed E-state index contributed by atoms with van der Waals surface area (Å²) >= 11 is 0. The number of rotatable bonds is 6. The Kier molecular flexibility index (Phi) is 5.70. The second-order valence-corrected chi connectivity index (χ2v) is 6.98. The van der Waals surface area contributed by atoms with E-state index in [9.17, 15) is 0 Å². The summed E-state index contributed by atoms with van der Waals surface area (Å²) in [6, 6.07) is 13.2. The van der Waals surface area contributed by atoms with Crippen LogP contribution in [0.1, 0.15) is 23.7 Å². The highest BCUT2D eigenvalue weighted by molar-refractivity contribution is 5.93. The van der Waals surface area contributed by atoms with Crippen LogP contribution in [-0.2, 0) is 0 Å². The second-order valence-electron chi connectivity index (χ2n) is 6.98. The SMILES string of the molecule is C=C/C=C(\C=C/C)n1c(C)c(C)c2ccc(-c3ccc(NC=C)c(C)c3)cc21. The van der Waals surface area contributed by atoms with Crippen LogP contribution in [-0.4, -0.2) is 4.57 Å². The molecule has 2 aromatic carbocycles. The zero-order valence-electron chi connectivity index (χ0n) is 17.2. The second kappa shape index (κ2) is 8.18. The number of aryl methyl sites for hydroxylation is 2.